The minimum atomic E-state index is -1.59. The van der Waals surface area contributed by atoms with Crippen LogP contribution in [0.15, 0.2) is 95.7 Å². The molecule has 3 heterocycles. The van der Waals surface area contributed by atoms with E-state index in [9.17, 15) is 57.8 Å². The molecule has 107 heavy (non-hydrogen) atoms. The van der Waals surface area contributed by atoms with Crippen LogP contribution < -0.4 is 70.8 Å². The number of ether oxygens (including phenoxy) is 3. The lowest BCUT2D eigenvalue weighted by Crippen LogP contribution is -2.60. The Balaban J connectivity index is 1.33. The van der Waals surface area contributed by atoms with Gasteiger partial charge in [0, 0.05) is 69.2 Å². The number of amides is 10. The molecule has 2 aromatic carbocycles. The van der Waals surface area contributed by atoms with Gasteiger partial charge in [0.2, 0.25) is 47.3 Å². The lowest BCUT2D eigenvalue weighted by Gasteiger charge is -2.31. The van der Waals surface area contributed by atoms with E-state index < -0.39 is 144 Å². The number of hydrogen-bond acceptors (Lipinski definition) is 19. The van der Waals surface area contributed by atoms with Crippen LogP contribution >= 0.6 is 0 Å². The molecule has 0 radical (unpaired) electrons. The standard InChI is InChI=1S/C72H110N20O15/c1-9-44(4)59(65(100)89-55(36-48-39-78-42-83-48)62(97)85-51(67(102)105-8)25-16-17-29-81-70(103)107-72(5,6)7)91-58(94)37-57(93)52(33-43(2)3)86-63(98)54(35-47-38-77-41-82-47)87-61(96)53(34-45-21-12-10-13-22-45)88-64(99)56-28-20-32-92(56)66(101)50(27-19-31-80-69(75)76)84-60(95)49(26-18-30-79-68(73)74)90-71(104)106-40-46-23-14-11-15-24-46/h10-15,21-24,38-39,41-44,49-57,59,93H,9,16-20,25-37,40H2,1-8H3,(H,77,82)(H,78,83)(H,81,103)(H,84,95)(H,85,97)(H,86,98)(H,87,96)(H,88,99)(H,89,100)(H,90,104)(H,91,94)(H4,73,74,79)(H4,75,76,80). The van der Waals surface area contributed by atoms with Crippen LogP contribution in [0.25, 0.3) is 0 Å². The van der Waals surface area contributed by atoms with Crippen molar-refractivity contribution in [3.05, 3.63) is 108 Å². The van der Waals surface area contributed by atoms with E-state index in [4.69, 9.17) is 37.1 Å². The number of nitrogens with one attached hydrogen (secondary N) is 11. The Kier molecular flexibility index (Phi) is 36.3. The number of nitrogens with two attached hydrogens (primary N) is 4. The predicted octanol–water partition coefficient (Wildman–Crippen LogP) is 0.659. The number of aliphatic hydroxyl groups excluding tert-OH is 1. The molecular weight excluding hydrogens is 1380 g/mol. The van der Waals surface area contributed by atoms with E-state index >= 15 is 0 Å². The highest BCUT2D eigenvalue weighted by atomic mass is 16.6. The van der Waals surface area contributed by atoms with Gasteiger partial charge in [0.25, 0.3) is 0 Å². The van der Waals surface area contributed by atoms with Crippen molar-refractivity contribution in [3.63, 3.8) is 0 Å². The Morgan fingerprint density at radius 3 is 1.69 bits per heavy atom. The molecule has 0 aliphatic carbocycles. The van der Waals surface area contributed by atoms with Crippen LogP contribution in [-0.4, -0.2) is 207 Å². The average molecular weight is 1500 g/mol. The minimum Gasteiger partial charge on any atom is -0.467 e. The van der Waals surface area contributed by atoms with E-state index in [1.54, 1.807) is 95.3 Å². The van der Waals surface area contributed by atoms with Gasteiger partial charge in [-0.25, -0.2) is 24.4 Å². The van der Waals surface area contributed by atoms with Crippen LogP contribution in [0.3, 0.4) is 0 Å². The zero-order valence-electron chi connectivity index (χ0n) is 62.4. The molecule has 1 aliphatic heterocycles. The number of esters is 1. The molecule has 11 unspecified atom stereocenters. The summed E-state index contributed by atoms with van der Waals surface area (Å²) in [4.78, 5) is 178. The van der Waals surface area contributed by atoms with E-state index in [1.807, 2.05) is 13.8 Å². The van der Waals surface area contributed by atoms with Gasteiger partial charge in [-0.05, 0) is 108 Å². The summed E-state index contributed by atoms with van der Waals surface area (Å²) in [6.45, 7) is 12.7. The summed E-state index contributed by atoms with van der Waals surface area (Å²) in [5.41, 5.74) is 23.8. The van der Waals surface area contributed by atoms with Crippen molar-refractivity contribution >= 4 is 77.3 Å². The van der Waals surface area contributed by atoms with Crippen molar-refractivity contribution in [2.75, 3.05) is 33.3 Å². The van der Waals surface area contributed by atoms with Gasteiger partial charge in [-0.2, -0.15) is 0 Å². The fraction of sp³-hybridized carbons (Fsp3) is 0.569. The summed E-state index contributed by atoms with van der Waals surface area (Å²) >= 11 is 0. The zero-order chi connectivity index (χ0) is 78.6. The third-order valence-corrected chi connectivity index (χ3v) is 17.4. The van der Waals surface area contributed by atoms with Crippen molar-refractivity contribution < 1.29 is 72.1 Å². The first kappa shape index (κ1) is 86.8. The van der Waals surface area contributed by atoms with Crippen LogP contribution in [0.1, 0.15) is 148 Å². The van der Waals surface area contributed by atoms with Crippen molar-refractivity contribution in [2.24, 2.45) is 44.8 Å². The Hall–Kier alpha value is -10.9. The highest BCUT2D eigenvalue weighted by Crippen LogP contribution is 2.22. The molecule has 35 nitrogen and oxygen atoms in total. The molecule has 2 aromatic heterocycles. The van der Waals surface area contributed by atoms with E-state index in [-0.39, 0.29) is 115 Å². The van der Waals surface area contributed by atoms with Crippen LogP contribution in [-0.2, 0) is 83.2 Å². The number of carbonyl (C=O) groups excluding carboxylic acids is 11. The first-order chi connectivity index (χ1) is 50.9. The monoisotopic (exact) mass is 1490 g/mol. The topological polar surface area (TPSA) is 533 Å². The number of alkyl carbamates (subject to hydrolysis) is 2. The number of carbonyl (C=O) groups is 11. The molecule has 0 bridgehead atoms. The molecule has 1 aliphatic rings. The summed E-state index contributed by atoms with van der Waals surface area (Å²) < 4.78 is 15.7. The summed E-state index contributed by atoms with van der Waals surface area (Å²) in [5.74, 6) is -7.91. The first-order valence-corrected chi connectivity index (χ1v) is 36.1. The molecule has 10 amide bonds. The maximum Gasteiger partial charge on any atom is 0.408 e. The Morgan fingerprint density at radius 2 is 1.15 bits per heavy atom. The van der Waals surface area contributed by atoms with E-state index in [0.29, 0.717) is 48.2 Å². The summed E-state index contributed by atoms with van der Waals surface area (Å²) in [5, 5.41) is 36.7. The van der Waals surface area contributed by atoms with Crippen molar-refractivity contribution in [1.82, 2.24) is 72.7 Å². The lowest BCUT2D eigenvalue weighted by molar-refractivity contribution is -0.145. The molecule has 4 aromatic rings. The Bertz CT molecular complexity index is 3530. The van der Waals surface area contributed by atoms with Gasteiger partial charge >= 0.3 is 18.2 Å². The number of imidazole rings is 2. The van der Waals surface area contributed by atoms with Gasteiger partial charge in [-0.3, -0.25) is 48.3 Å². The minimum absolute atomic E-state index is 0.0138. The van der Waals surface area contributed by atoms with E-state index in [1.165, 1.54) is 37.1 Å². The zero-order valence-corrected chi connectivity index (χ0v) is 62.4. The second-order valence-corrected chi connectivity index (χ2v) is 27.8. The van der Waals surface area contributed by atoms with E-state index in [2.05, 4.69) is 77.8 Å². The SMILES string of the molecule is CCC(C)C(NC(=O)CC(O)C(CC(C)C)NC(=O)C(Cc1cnc[nH]1)NC(=O)C(Cc1ccccc1)NC(=O)C1CCCN1C(=O)C(CCCN=C(N)N)NC(=O)C(CCCN=C(N)N)NC(=O)OCc1ccccc1)C(=O)NC(Cc1cnc[nH]1)C(=O)NC(CCCCNC(=O)OC(C)(C)C)C(=O)OC. The first-order valence-electron chi connectivity index (χ1n) is 36.1. The smallest absolute Gasteiger partial charge is 0.408 e. The molecular formula is C72H110N20O15. The normalized spacial score (nSPS) is 15.5. The van der Waals surface area contributed by atoms with Crippen molar-refractivity contribution in [1.29, 1.82) is 0 Å². The van der Waals surface area contributed by atoms with Gasteiger partial charge < -0.3 is 105 Å². The molecule has 11 atom stereocenters. The van der Waals surface area contributed by atoms with Crippen LogP contribution in [0.5, 0.6) is 0 Å². The second kappa shape index (κ2) is 44.8. The fourth-order valence-corrected chi connectivity index (χ4v) is 11.7. The number of methoxy groups -OCH3 is 1. The number of guanidine groups is 2. The third-order valence-electron chi connectivity index (χ3n) is 17.4. The summed E-state index contributed by atoms with van der Waals surface area (Å²) in [6.07, 6.45) is 3.80. The number of likely N-dealkylation sites (tertiary alicyclic amines) is 1. The van der Waals surface area contributed by atoms with Crippen LogP contribution in [0.2, 0.25) is 0 Å². The molecule has 0 spiro atoms. The Morgan fingerprint density at radius 1 is 0.626 bits per heavy atom. The molecule has 5 rings (SSSR count). The largest absolute Gasteiger partial charge is 0.467 e. The number of nitrogens with zero attached hydrogens (tertiary/aromatic N) is 5. The highest BCUT2D eigenvalue weighted by Gasteiger charge is 2.41. The maximum absolute atomic E-state index is 15.0. The number of rotatable bonds is 44. The molecule has 1 fully saturated rings. The van der Waals surface area contributed by atoms with Gasteiger partial charge in [0.05, 0.1) is 38.3 Å². The van der Waals surface area contributed by atoms with Crippen LogP contribution in [0, 0.1) is 11.8 Å². The number of benzene rings is 2. The number of aliphatic imine (C=N–C) groups is 2. The Labute approximate surface area is 623 Å². The summed E-state index contributed by atoms with van der Waals surface area (Å²) in [6, 6.07) is 6.18. The number of unbranched alkanes of at least 4 members (excludes halogenated alkanes) is 1. The second-order valence-electron chi connectivity index (χ2n) is 27.8. The number of aliphatic hydroxyl groups is 1. The molecule has 1 saturated heterocycles. The maximum atomic E-state index is 15.0. The van der Waals surface area contributed by atoms with Gasteiger partial charge in [0.1, 0.15) is 60.5 Å². The lowest BCUT2D eigenvalue weighted by atomic mass is 9.95. The number of aromatic amines is 2. The molecule has 588 valence electrons. The average Bonchev–Trinajstić information content (AvgIpc) is 1.71. The molecule has 35 heteroatoms. The number of aromatic nitrogens is 4. The quantitative estimate of drug-likeness (QED) is 0.00951. The molecule has 0 saturated carbocycles. The van der Waals surface area contributed by atoms with Crippen molar-refractivity contribution in [3.8, 4) is 0 Å². The predicted molar refractivity (Wildman–Crippen MR) is 396 cm³/mol. The van der Waals surface area contributed by atoms with Gasteiger partial charge in [-0.1, -0.05) is 94.8 Å². The summed E-state index contributed by atoms with van der Waals surface area (Å²) in [7, 11) is 1.17. The molecule has 20 N–H and O–H groups in total. The van der Waals surface area contributed by atoms with Gasteiger partial charge in [0.15, 0.2) is 11.9 Å². The number of hydrogen-bond donors (Lipinski definition) is 16. The number of H-pyrrole nitrogens is 2. The highest BCUT2D eigenvalue weighted by molar-refractivity contribution is 5.97. The van der Waals surface area contributed by atoms with Gasteiger partial charge in [-0.15, -0.1) is 0 Å². The van der Waals surface area contributed by atoms with Crippen LogP contribution in [0.4, 0.5) is 9.59 Å². The fourth-order valence-electron chi connectivity index (χ4n) is 11.7. The van der Waals surface area contributed by atoms with E-state index in [0.717, 1.165) is 0 Å². The van der Waals surface area contributed by atoms with Crippen molar-refractivity contribution in [2.45, 2.75) is 217 Å². The third kappa shape index (κ3) is 31.8.